The maximum absolute atomic E-state index is 12.3. The molecule has 0 aromatic heterocycles. The highest BCUT2D eigenvalue weighted by Crippen LogP contribution is 2.43. The molecule has 0 radical (unpaired) electrons. The molecule has 0 bridgehead atoms. The molecule has 2 aromatic rings. The molecule has 0 heterocycles. The summed E-state index contributed by atoms with van der Waals surface area (Å²) < 4.78 is 0. The van der Waals surface area contributed by atoms with Gasteiger partial charge in [0.2, 0.25) is 0 Å². The third-order valence-corrected chi connectivity index (χ3v) is 7.20. The molecule has 200 valence electrons. The zero-order chi connectivity index (χ0) is 26.9. The molecule has 0 saturated carbocycles. The molecule has 2 N–H and O–H groups in total. The van der Waals surface area contributed by atoms with E-state index in [4.69, 9.17) is 0 Å². The fraction of sp³-hybridized carbons (Fsp3) is 0.606. The lowest BCUT2D eigenvalue weighted by Crippen LogP contribution is -2.17. The lowest BCUT2D eigenvalue weighted by Gasteiger charge is -2.29. The van der Waals surface area contributed by atoms with Gasteiger partial charge in [-0.2, -0.15) is 0 Å². The average Bonchev–Trinajstić information content (AvgIpc) is 2.78. The summed E-state index contributed by atoms with van der Waals surface area (Å²) in [6.07, 6.45) is 13.7. The fourth-order valence-electron chi connectivity index (χ4n) is 5.05. The molecule has 2 rings (SSSR count). The van der Waals surface area contributed by atoms with Crippen molar-refractivity contribution in [2.75, 3.05) is 0 Å². The molecule has 0 saturated heterocycles. The van der Waals surface area contributed by atoms with Gasteiger partial charge in [0.1, 0.15) is 5.75 Å². The first kappa shape index (κ1) is 29.9. The molecule has 0 aliphatic rings. The first-order chi connectivity index (χ1) is 16.9. The van der Waals surface area contributed by atoms with Crippen molar-refractivity contribution in [3.63, 3.8) is 0 Å². The van der Waals surface area contributed by atoms with Crippen molar-refractivity contribution >= 4 is 5.97 Å². The van der Waals surface area contributed by atoms with Crippen LogP contribution in [0, 0.1) is 0 Å². The number of phenolic OH excluding ortho intramolecular Hbond substituents is 1. The van der Waals surface area contributed by atoms with Crippen LogP contribution in [0.5, 0.6) is 5.75 Å². The summed E-state index contributed by atoms with van der Waals surface area (Å²) in [6, 6.07) is 9.67. The van der Waals surface area contributed by atoms with E-state index in [2.05, 4.69) is 54.5 Å². The van der Waals surface area contributed by atoms with Crippen LogP contribution in [0.4, 0.5) is 0 Å². The molecular weight excluding hydrogens is 444 g/mol. The van der Waals surface area contributed by atoms with Gasteiger partial charge in [-0.05, 0) is 58.6 Å². The number of phenols is 1. The standard InChI is InChI=1S/C33H50O3/c1-8-9-10-11-12-13-14-15-16-17-19-24-20-18-21-26(31(35)36)29(24)25-22-27(32(2,3)4)30(34)28(23-25)33(5,6)7/h18,20-23,34H,8-17,19H2,1-7H3,(H,35,36). The Balaban J connectivity index is 2.29. The van der Waals surface area contributed by atoms with Gasteiger partial charge in [-0.25, -0.2) is 4.79 Å². The molecule has 0 fully saturated rings. The maximum Gasteiger partial charge on any atom is 0.336 e. The first-order valence-corrected chi connectivity index (χ1v) is 14.1. The van der Waals surface area contributed by atoms with E-state index >= 15 is 0 Å². The molecule has 36 heavy (non-hydrogen) atoms. The van der Waals surface area contributed by atoms with Crippen molar-refractivity contribution in [3.05, 3.63) is 52.6 Å². The molecule has 2 aromatic carbocycles. The summed E-state index contributed by atoms with van der Waals surface area (Å²) in [5.74, 6) is -0.583. The summed E-state index contributed by atoms with van der Waals surface area (Å²) in [5.41, 5.74) is 4.29. The summed E-state index contributed by atoms with van der Waals surface area (Å²) >= 11 is 0. The predicted molar refractivity (Wildman–Crippen MR) is 153 cm³/mol. The number of hydrogen-bond donors (Lipinski definition) is 2. The number of rotatable bonds is 13. The van der Waals surface area contributed by atoms with Gasteiger partial charge in [-0.15, -0.1) is 0 Å². The molecular formula is C33H50O3. The largest absolute Gasteiger partial charge is 0.507 e. The number of benzene rings is 2. The van der Waals surface area contributed by atoms with Crippen LogP contribution in [0.15, 0.2) is 30.3 Å². The second kappa shape index (κ2) is 13.3. The SMILES string of the molecule is CCCCCCCCCCCCc1cccc(C(=O)O)c1-c1cc(C(C)(C)C)c(O)c(C(C)(C)C)c1. The van der Waals surface area contributed by atoms with Crippen LogP contribution in [0.2, 0.25) is 0 Å². The van der Waals surface area contributed by atoms with Crippen LogP contribution < -0.4 is 0 Å². The van der Waals surface area contributed by atoms with Crippen molar-refractivity contribution in [3.8, 4) is 16.9 Å². The third kappa shape index (κ3) is 8.39. The van der Waals surface area contributed by atoms with Gasteiger partial charge in [-0.1, -0.05) is 118 Å². The van der Waals surface area contributed by atoms with Gasteiger partial charge in [-0.3, -0.25) is 0 Å². The number of unbranched alkanes of at least 4 members (excludes halogenated alkanes) is 9. The monoisotopic (exact) mass is 494 g/mol. The lowest BCUT2D eigenvalue weighted by molar-refractivity contribution is 0.0697. The highest BCUT2D eigenvalue weighted by Gasteiger charge is 2.28. The van der Waals surface area contributed by atoms with E-state index < -0.39 is 5.97 Å². The minimum Gasteiger partial charge on any atom is -0.507 e. The number of aryl methyl sites for hydroxylation is 1. The second-order valence-corrected chi connectivity index (χ2v) is 12.5. The molecule has 0 amide bonds. The van der Waals surface area contributed by atoms with E-state index in [0.29, 0.717) is 11.3 Å². The van der Waals surface area contributed by atoms with Crippen molar-refractivity contribution in [2.24, 2.45) is 0 Å². The maximum atomic E-state index is 12.3. The summed E-state index contributed by atoms with van der Waals surface area (Å²) in [6.45, 7) is 14.8. The lowest BCUT2D eigenvalue weighted by atomic mass is 9.77. The predicted octanol–water partition coefficient (Wildman–Crippen LogP) is 9.82. The van der Waals surface area contributed by atoms with E-state index in [1.54, 1.807) is 6.07 Å². The van der Waals surface area contributed by atoms with E-state index in [9.17, 15) is 15.0 Å². The van der Waals surface area contributed by atoms with Crippen LogP contribution in [0.25, 0.3) is 11.1 Å². The quantitative estimate of drug-likeness (QED) is 0.272. The van der Waals surface area contributed by atoms with Gasteiger partial charge >= 0.3 is 5.97 Å². The Morgan fingerprint density at radius 2 is 1.22 bits per heavy atom. The topological polar surface area (TPSA) is 57.5 Å². The zero-order valence-corrected chi connectivity index (χ0v) is 24.0. The van der Waals surface area contributed by atoms with Crippen LogP contribution in [-0.4, -0.2) is 16.2 Å². The van der Waals surface area contributed by atoms with E-state index in [0.717, 1.165) is 40.7 Å². The number of hydrogen-bond acceptors (Lipinski definition) is 2. The zero-order valence-electron chi connectivity index (χ0n) is 24.0. The summed E-state index contributed by atoms with van der Waals surface area (Å²) in [7, 11) is 0. The van der Waals surface area contributed by atoms with Crippen LogP contribution in [-0.2, 0) is 17.3 Å². The number of carbonyl (C=O) groups is 1. The van der Waals surface area contributed by atoms with Gasteiger partial charge in [0, 0.05) is 11.1 Å². The Bertz CT molecular complexity index is 954. The Hall–Kier alpha value is -2.29. The molecule has 0 aliphatic carbocycles. The number of carboxylic acids is 1. The summed E-state index contributed by atoms with van der Waals surface area (Å²) in [4.78, 5) is 12.3. The number of aromatic hydroxyl groups is 1. The molecule has 3 nitrogen and oxygen atoms in total. The fourth-order valence-corrected chi connectivity index (χ4v) is 5.05. The highest BCUT2D eigenvalue weighted by atomic mass is 16.4. The van der Waals surface area contributed by atoms with Crippen LogP contribution in [0.3, 0.4) is 0 Å². The molecule has 0 unspecified atom stereocenters. The second-order valence-electron chi connectivity index (χ2n) is 12.5. The summed E-state index contributed by atoms with van der Waals surface area (Å²) in [5, 5.41) is 21.2. The average molecular weight is 495 g/mol. The van der Waals surface area contributed by atoms with Crippen LogP contribution in [0.1, 0.15) is 140 Å². The van der Waals surface area contributed by atoms with Crippen molar-refractivity contribution in [1.82, 2.24) is 0 Å². The van der Waals surface area contributed by atoms with Gasteiger partial charge < -0.3 is 10.2 Å². The van der Waals surface area contributed by atoms with Crippen molar-refractivity contribution in [1.29, 1.82) is 0 Å². The third-order valence-electron chi connectivity index (χ3n) is 7.20. The van der Waals surface area contributed by atoms with Crippen LogP contribution >= 0.6 is 0 Å². The van der Waals surface area contributed by atoms with E-state index in [1.807, 2.05) is 18.2 Å². The molecule has 0 aliphatic heterocycles. The Labute approximate surface area is 220 Å². The Morgan fingerprint density at radius 1 is 0.750 bits per heavy atom. The number of aromatic carboxylic acids is 1. The van der Waals surface area contributed by atoms with E-state index in [-0.39, 0.29) is 10.8 Å². The Morgan fingerprint density at radius 3 is 1.67 bits per heavy atom. The molecule has 0 atom stereocenters. The van der Waals surface area contributed by atoms with Crippen molar-refractivity contribution in [2.45, 2.75) is 130 Å². The van der Waals surface area contributed by atoms with Gasteiger partial charge in [0.15, 0.2) is 0 Å². The smallest absolute Gasteiger partial charge is 0.336 e. The number of carboxylic acid groups (broad SMARTS) is 1. The van der Waals surface area contributed by atoms with Gasteiger partial charge in [0.25, 0.3) is 0 Å². The Kier molecular flexibility index (Phi) is 11.1. The highest BCUT2D eigenvalue weighted by molar-refractivity contribution is 5.97. The van der Waals surface area contributed by atoms with Gasteiger partial charge in [0.05, 0.1) is 5.56 Å². The van der Waals surface area contributed by atoms with Crippen molar-refractivity contribution < 1.29 is 15.0 Å². The molecule has 0 spiro atoms. The minimum absolute atomic E-state index is 0.269. The normalized spacial score (nSPS) is 12.2. The first-order valence-electron chi connectivity index (χ1n) is 14.1. The van der Waals surface area contributed by atoms with E-state index in [1.165, 1.54) is 57.8 Å². The minimum atomic E-state index is -0.905. The molecule has 3 heteroatoms.